The number of unbranched alkanes of at least 4 members (excludes halogenated alkanes) is 24. The molecule has 232 valence electrons. The van der Waals surface area contributed by atoms with Crippen molar-refractivity contribution in [3.05, 3.63) is 0 Å². The van der Waals surface area contributed by atoms with Crippen LogP contribution in [0.25, 0.3) is 0 Å². The summed E-state index contributed by atoms with van der Waals surface area (Å²) in [4.78, 5) is 0. The Morgan fingerprint density at radius 3 is 0.684 bits per heavy atom. The summed E-state index contributed by atoms with van der Waals surface area (Å²) in [5.74, 6) is 0. The molecule has 0 atom stereocenters. The van der Waals surface area contributed by atoms with Gasteiger partial charge in [0.15, 0.2) is 0 Å². The number of hydrogen-bond acceptors (Lipinski definition) is 0. The van der Waals surface area contributed by atoms with Gasteiger partial charge in [0.2, 0.25) is 0 Å². The SMILES string of the molecule is CCCCCCCCCCCCCCP(I)(CCCC)(CCCC)CCCCCCCCCCCCCC. The average molecular weight is 667 g/mol. The Balaban J connectivity index is 4.25. The first-order valence-corrected chi connectivity index (χ1v) is 24.0. The van der Waals surface area contributed by atoms with Crippen molar-refractivity contribution in [3.8, 4) is 0 Å². The van der Waals surface area contributed by atoms with Crippen LogP contribution in [-0.2, 0) is 0 Å². The van der Waals surface area contributed by atoms with E-state index in [0.717, 1.165) is 0 Å². The van der Waals surface area contributed by atoms with Gasteiger partial charge in [-0.05, 0) is 0 Å². The molecule has 0 saturated heterocycles. The molecular formula is C36H76IP. The standard InChI is InChI=1S/C36H76IP/c1-5-9-13-15-17-19-21-23-25-27-29-31-35-38(37,33-11-7-3,34-12-8-4)36-32-30-28-26-24-22-20-18-16-14-10-6-2/h5-36H2,1-4H3. The van der Waals surface area contributed by atoms with Crippen molar-refractivity contribution >= 4 is 26.3 Å². The molecular weight excluding hydrogens is 590 g/mol. The van der Waals surface area contributed by atoms with Crippen molar-refractivity contribution < 1.29 is 0 Å². The quantitative estimate of drug-likeness (QED) is 0.0381. The van der Waals surface area contributed by atoms with Crippen molar-refractivity contribution in [1.29, 1.82) is 0 Å². The molecule has 0 aromatic rings. The summed E-state index contributed by atoms with van der Waals surface area (Å²) in [5, 5.41) is 0. The topological polar surface area (TPSA) is 0 Å². The molecule has 0 N–H and O–H groups in total. The van der Waals surface area contributed by atoms with Crippen LogP contribution < -0.4 is 0 Å². The molecule has 0 bridgehead atoms. The minimum atomic E-state index is -1.56. The van der Waals surface area contributed by atoms with Crippen LogP contribution in [-0.4, -0.2) is 24.6 Å². The van der Waals surface area contributed by atoms with Gasteiger partial charge in [-0.15, -0.1) is 0 Å². The third kappa shape index (κ3) is 23.8. The fraction of sp³-hybridized carbons (Fsp3) is 1.00. The molecule has 0 fully saturated rings. The minimum absolute atomic E-state index is 1.37. The molecule has 0 spiro atoms. The van der Waals surface area contributed by atoms with Crippen LogP contribution in [0.5, 0.6) is 0 Å². The zero-order valence-corrected chi connectivity index (χ0v) is 30.5. The first kappa shape index (κ1) is 39.2. The second kappa shape index (κ2) is 28.3. The Labute approximate surface area is 257 Å². The molecule has 0 amide bonds. The van der Waals surface area contributed by atoms with Gasteiger partial charge in [-0.2, -0.15) is 0 Å². The van der Waals surface area contributed by atoms with E-state index < -0.39 is 4.25 Å². The Morgan fingerprint density at radius 2 is 0.447 bits per heavy atom. The molecule has 0 unspecified atom stereocenters. The van der Waals surface area contributed by atoms with Crippen molar-refractivity contribution in [2.24, 2.45) is 0 Å². The van der Waals surface area contributed by atoms with Gasteiger partial charge in [-0.25, -0.2) is 0 Å². The van der Waals surface area contributed by atoms with Crippen LogP contribution in [0.4, 0.5) is 0 Å². The Morgan fingerprint density at radius 1 is 0.263 bits per heavy atom. The molecule has 0 aliphatic rings. The van der Waals surface area contributed by atoms with Gasteiger partial charge in [-0.1, -0.05) is 26.7 Å². The molecule has 0 nitrogen and oxygen atoms in total. The molecule has 0 aromatic heterocycles. The van der Waals surface area contributed by atoms with Gasteiger partial charge >= 0.3 is 232 Å². The maximum atomic E-state index is 3.17. The van der Waals surface area contributed by atoms with Crippen molar-refractivity contribution in [2.75, 3.05) is 24.6 Å². The predicted molar refractivity (Wildman–Crippen MR) is 192 cm³/mol. The summed E-state index contributed by atoms with van der Waals surface area (Å²) in [6, 6.07) is 0. The van der Waals surface area contributed by atoms with Crippen LogP contribution in [0, 0.1) is 0 Å². The third-order valence-electron chi connectivity index (χ3n) is 9.28. The molecule has 0 radical (unpaired) electrons. The van der Waals surface area contributed by atoms with Gasteiger partial charge < -0.3 is 0 Å². The maximum absolute atomic E-state index is 3.17. The van der Waals surface area contributed by atoms with Crippen LogP contribution >= 0.6 is 26.3 Å². The van der Waals surface area contributed by atoms with Gasteiger partial charge in [0, 0.05) is 0 Å². The van der Waals surface area contributed by atoms with Crippen molar-refractivity contribution in [1.82, 2.24) is 0 Å². The molecule has 38 heavy (non-hydrogen) atoms. The van der Waals surface area contributed by atoms with Gasteiger partial charge in [0.25, 0.3) is 0 Å². The van der Waals surface area contributed by atoms with E-state index in [1.165, 1.54) is 180 Å². The molecule has 2 heteroatoms. The van der Waals surface area contributed by atoms with Crippen LogP contribution in [0.15, 0.2) is 0 Å². The molecule has 0 aliphatic heterocycles. The van der Waals surface area contributed by atoms with Crippen LogP contribution in [0.3, 0.4) is 0 Å². The number of halogens is 1. The monoisotopic (exact) mass is 666 g/mol. The molecule has 0 rings (SSSR count). The second-order valence-electron chi connectivity index (χ2n) is 13.2. The molecule has 0 saturated carbocycles. The van der Waals surface area contributed by atoms with E-state index in [4.69, 9.17) is 0 Å². The normalized spacial score (nSPS) is 13.1. The van der Waals surface area contributed by atoms with Gasteiger partial charge in [0.1, 0.15) is 0 Å². The fourth-order valence-electron chi connectivity index (χ4n) is 6.47. The van der Waals surface area contributed by atoms with Crippen molar-refractivity contribution in [3.63, 3.8) is 0 Å². The first-order valence-electron chi connectivity index (χ1n) is 18.3. The summed E-state index contributed by atoms with van der Waals surface area (Å²) in [6.07, 6.45) is 47.7. The summed E-state index contributed by atoms with van der Waals surface area (Å²) in [6.45, 7) is 9.48. The van der Waals surface area contributed by atoms with E-state index in [0.29, 0.717) is 0 Å². The van der Waals surface area contributed by atoms with Gasteiger partial charge in [0.05, 0.1) is 0 Å². The summed E-state index contributed by atoms with van der Waals surface area (Å²) < 4.78 is -1.56. The Bertz CT molecular complexity index is 422. The van der Waals surface area contributed by atoms with E-state index in [9.17, 15) is 0 Å². The zero-order valence-electron chi connectivity index (χ0n) is 27.5. The van der Waals surface area contributed by atoms with Gasteiger partial charge in [-0.3, -0.25) is 0 Å². The molecule has 0 heterocycles. The van der Waals surface area contributed by atoms with E-state index in [-0.39, 0.29) is 0 Å². The van der Waals surface area contributed by atoms with E-state index in [1.54, 1.807) is 24.6 Å². The molecule has 0 aliphatic carbocycles. The van der Waals surface area contributed by atoms with E-state index >= 15 is 0 Å². The van der Waals surface area contributed by atoms with Crippen LogP contribution in [0.1, 0.15) is 207 Å². The first-order chi connectivity index (χ1) is 18.5. The fourth-order valence-corrected chi connectivity index (χ4v) is 16.1. The minimum Gasteiger partial charge on any atom is -0.0654 e. The summed E-state index contributed by atoms with van der Waals surface area (Å²) >= 11 is 3.17. The number of rotatable bonds is 32. The summed E-state index contributed by atoms with van der Waals surface area (Å²) in [7, 11) is 0. The number of hydrogen-bond donors (Lipinski definition) is 0. The smallest absolute Gasteiger partial charge is 0.0654 e. The van der Waals surface area contributed by atoms with Crippen molar-refractivity contribution in [2.45, 2.75) is 207 Å². The second-order valence-corrected chi connectivity index (χ2v) is 26.8. The summed E-state index contributed by atoms with van der Waals surface area (Å²) in [5.41, 5.74) is 0. The van der Waals surface area contributed by atoms with E-state index in [1.807, 2.05) is 0 Å². The average Bonchev–Trinajstić information content (AvgIpc) is 2.92. The Kier molecular flexibility index (Phi) is 29.2. The Hall–Kier alpha value is 1.16. The van der Waals surface area contributed by atoms with E-state index in [2.05, 4.69) is 49.7 Å². The predicted octanol–water partition coefficient (Wildman–Crippen LogP) is 14.9. The zero-order chi connectivity index (χ0) is 28.1. The van der Waals surface area contributed by atoms with Crippen LogP contribution in [0.2, 0.25) is 0 Å². The molecule has 0 aromatic carbocycles. The third-order valence-corrected chi connectivity index (χ3v) is 20.8.